The number of aliphatic hydroxyl groups excluding tert-OH is 1. The zero-order valence-corrected chi connectivity index (χ0v) is 14.1. The van der Waals surface area contributed by atoms with Crippen LogP contribution in [0.5, 0.6) is 0 Å². The van der Waals surface area contributed by atoms with Gasteiger partial charge in [0.25, 0.3) is 0 Å². The number of hydrogen-bond acceptors (Lipinski definition) is 3. The lowest BCUT2D eigenvalue weighted by atomic mass is 9.75. The molecule has 2 aromatic rings. The minimum absolute atomic E-state index is 0.0996. The lowest BCUT2D eigenvalue weighted by Gasteiger charge is -2.33. The molecule has 0 spiro atoms. The van der Waals surface area contributed by atoms with Crippen molar-refractivity contribution in [3.05, 3.63) is 64.7 Å². The smallest absolute Gasteiger partial charge is 0.101 e. The predicted molar refractivity (Wildman–Crippen MR) is 94.7 cm³/mol. The van der Waals surface area contributed by atoms with Gasteiger partial charge in [-0.05, 0) is 29.2 Å². The van der Waals surface area contributed by atoms with E-state index < -0.39 is 0 Å². The van der Waals surface area contributed by atoms with Gasteiger partial charge in [0, 0.05) is 24.8 Å². The Morgan fingerprint density at radius 1 is 1.22 bits per heavy atom. The normalized spacial score (nSPS) is 12.5. The van der Waals surface area contributed by atoms with Crippen LogP contribution in [0.4, 0.5) is 5.69 Å². The summed E-state index contributed by atoms with van der Waals surface area (Å²) in [4.78, 5) is 0. The van der Waals surface area contributed by atoms with E-state index in [0.717, 1.165) is 5.69 Å². The molecule has 1 unspecified atom stereocenters. The van der Waals surface area contributed by atoms with Gasteiger partial charge in [-0.3, -0.25) is 0 Å². The van der Waals surface area contributed by atoms with E-state index >= 15 is 0 Å². The number of benzene rings is 2. The van der Waals surface area contributed by atoms with E-state index in [1.54, 1.807) is 12.1 Å². The van der Waals surface area contributed by atoms with Crippen LogP contribution in [0.3, 0.4) is 0 Å². The number of hydrogen-bond donors (Lipinski definition) is 2. The minimum atomic E-state index is -0.259. The highest BCUT2D eigenvalue weighted by atomic mass is 35.5. The summed E-state index contributed by atoms with van der Waals surface area (Å²) in [7, 11) is 0. The Labute approximate surface area is 142 Å². The molecule has 0 aliphatic rings. The average molecular weight is 329 g/mol. The van der Waals surface area contributed by atoms with Crippen LogP contribution in [0, 0.1) is 16.7 Å². The molecule has 0 heterocycles. The predicted octanol–water partition coefficient (Wildman–Crippen LogP) is 4.43. The number of nitrogens with one attached hydrogen (secondary N) is 1. The SMILES string of the molecule is CC(C)(CO)C(CNc1ccc(C#N)c(Cl)c1)c1ccccc1. The van der Waals surface area contributed by atoms with Crippen molar-refractivity contribution in [3.8, 4) is 6.07 Å². The second-order valence-electron chi connectivity index (χ2n) is 6.30. The first-order chi connectivity index (χ1) is 11.0. The third-order valence-corrected chi connectivity index (χ3v) is 4.47. The van der Waals surface area contributed by atoms with Crippen LogP contribution >= 0.6 is 11.6 Å². The Morgan fingerprint density at radius 2 is 1.91 bits per heavy atom. The largest absolute Gasteiger partial charge is 0.396 e. The van der Waals surface area contributed by atoms with Gasteiger partial charge in [-0.2, -0.15) is 5.26 Å². The van der Waals surface area contributed by atoms with Crippen LogP contribution in [0.25, 0.3) is 0 Å². The van der Waals surface area contributed by atoms with Crippen molar-refractivity contribution < 1.29 is 5.11 Å². The standard InChI is InChI=1S/C19H21ClN2O/c1-19(2,13-23)17(14-6-4-3-5-7-14)12-22-16-9-8-15(11-21)18(20)10-16/h3-10,17,22-23H,12-13H2,1-2H3. The van der Waals surface area contributed by atoms with Gasteiger partial charge in [-0.15, -0.1) is 0 Å². The molecule has 2 aromatic carbocycles. The second-order valence-corrected chi connectivity index (χ2v) is 6.70. The van der Waals surface area contributed by atoms with Crippen molar-refractivity contribution in [2.75, 3.05) is 18.5 Å². The first-order valence-electron chi connectivity index (χ1n) is 7.57. The number of halogens is 1. The molecule has 0 saturated carbocycles. The highest BCUT2D eigenvalue weighted by molar-refractivity contribution is 6.32. The lowest BCUT2D eigenvalue weighted by Crippen LogP contribution is -2.31. The molecule has 0 amide bonds. The van der Waals surface area contributed by atoms with Crippen LogP contribution in [0.1, 0.15) is 30.9 Å². The maximum Gasteiger partial charge on any atom is 0.101 e. The second kappa shape index (κ2) is 7.50. The molecular weight excluding hydrogens is 308 g/mol. The fourth-order valence-electron chi connectivity index (χ4n) is 2.58. The molecule has 0 bridgehead atoms. The molecule has 23 heavy (non-hydrogen) atoms. The Morgan fingerprint density at radius 3 is 2.48 bits per heavy atom. The highest BCUT2D eigenvalue weighted by Gasteiger charge is 2.30. The van der Waals surface area contributed by atoms with Gasteiger partial charge in [-0.25, -0.2) is 0 Å². The molecule has 0 radical (unpaired) electrons. The fourth-order valence-corrected chi connectivity index (χ4v) is 2.80. The summed E-state index contributed by atoms with van der Waals surface area (Å²) in [6.45, 7) is 4.87. The molecule has 0 fully saturated rings. The van der Waals surface area contributed by atoms with E-state index in [1.807, 2.05) is 24.3 Å². The van der Waals surface area contributed by atoms with Crippen molar-refractivity contribution in [1.29, 1.82) is 5.26 Å². The molecular formula is C19H21ClN2O. The van der Waals surface area contributed by atoms with Crippen molar-refractivity contribution in [1.82, 2.24) is 0 Å². The van der Waals surface area contributed by atoms with Crippen molar-refractivity contribution in [3.63, 3.8) is 0 Å². The van der Waals surface area contributed by atoms with Gasteiger partial charge >= 0.3 is 0 Å². The maximum absolute atomic E-state index is 9.75. The van der Waals surface area contributed by atoms with E-state index in [1.165, 1.54) is 5.56 Å². The van der Waals surface area contributed by atoms with Crippen LogP contribution in [-0.4, -0.2) is 18.3 Å². The Bertz CT molecular complexity index is 692. The van der Waals surface area contributed by atoms with E-state index in [4.69, 9.17) is 16.9 Å². The molecule has 0 aliphatic carbocycles. The molecule has 1 atom stereocenters. The van der Waals surface area contributed by atoms with Crippen molar-refractivity contribution in [2.24, 2.45) is 5.41 Å². The summed E-state index contributed by atoms with van der Waals surface area (Å²) < 4.78 is 0. The number of rotatable bonds is 6. The van der Waals surface area contributed by atoms with Gasteiger partial charge < -0.3 is 10.4 Å². The first kappa shape index (κ1) is 17.3. The third-order valence-electron chi connectivity index (χ3n) is 4.15. The van der Waals surface area contributed by atoms with E-state index in [2.05, 4.69) is 37.4 Å². The summed E-state index contributed by atoms with van der Waals surface area (Å²) in [6, 6.07) is 17.5. The Hall–Kier alpha value is -2.02. The Kier molecular flexibility index (Phi) is 5.65. The lowest BCUT2D eigenvalue weighted by molar-refractivity contribution is 0.134. The van der Waals surface area contributed by atoms with E-state index in [-0.39, 0.29) is 17.9 Å². The monoisotopic (exact) mass is 328 g/mol. The molecule has 0 aliphatic heterocycles. The van der Waals surface area contributed by atoms with Gasteiger partial charge in [0.2, 0.25) is 0 Å². The number of anilines is 1. The average Bonchev–Trinajstić information content (AvgIpc) is 2.56. The molecule has 0 saturated heterocycles. The van der Waals surface area contributed by atoms with Crippen LogP contribution < -0.4 is 5.32 Å². The molecule has 0 aromatic heterocycles. The first-order valence-corrected chi connectivity index (χ1v) is 7.95. The highest BCUT2D eigenvalue weighted by Crippen LogP contribution is 2.35. The summed E-state index contributed by atoms with van der Waals surface area (Å²) in [5.74, 6) is 0.142. The van der Waals surface area contributed by atoms with Crippen LogP contribution in [-0.2, 0) is 0 Å². The molecule has 120 valence electrons. The minimum Gasteiger partial charge on any atom is -0.396 e. The number of nitriles is 1. The molecule has 3 nitrogen and oxygen atoms in total. The van der Waals surface area contributed by atoms with Crippen molar-refractivity contribution in [2.45, 2.75) is 19.8 Å². The zero-order chi connectivity index (χ0) is 16.9. The summed E-state index contributed by atoms with van der Waals surface area (Å²) in [5, 5.41) is 22.5. The molecule has 4 heteroatoms. The van der Waals surface area contributed by atoms with Gasteiger partial charge in [0.05, 0.1) is 10.6 Å². The van der Waals surface area contributed by atoms with Crippen molar-refractivity contribution >= 4 is 17.3 Å². The number of nitrogens with zero attached hydrogens (tertiary/aromatic N) is 1. The topological polar surface area (TPSA) is 56.0 Å². The summed E-state index contributed by atoms with van der Waals surface area (Å²) >= 11 is 6.08. The van der Waals surface area contributed by atoms with Crippen LogP contribution in [0.2, 0.25) is 5.02 Å². The zero-order valence-electron chi connectivity index (χ0n) is 13.4. The Balaban J connectivity index is 2.19. The quantitative estimate of drug-likeness (QED) is 0.825. The molecule has 2 rings (SSSR count). The summed E-state index contributed by atoms with van der Waals surface area (Å²) in [6.07, 6.45) is 0. The van der Waals surface area contributed by atoms with Gasteiger partial charge in [0.1, 0.15) is 6.07 Å². The van der Waals surface area contributed by atoms with Crippen LogP contribution in [0.15, 0.2) is 48.5 Å². The van der Waals surface area contributed by atoms with E-state index in [0.29, 0.717) is 17.1 Å². The van der Waals surface area contributed by atoms with Gasteiger partial charge in [-0.1, -0.05) is 55.8 Å². The number of aliphatic hydroxyl groups is 1. The molecule has 2 N–H and O–H groups in total. The van der Waals surface area contributed by atoms with Gasteiger partial charge in [0.15, 0.2) is 0 Å². The summed E-state index contributed by atoms with van der Waals surface area (Å²) in [5.41, 5.74) is 2.25. The fraction of sp³-hybridized carbons (Fsp3) is 0.316. The maximum atomic E-state index is 9.75. The third kappa shape index (κ3) is 4.25. The van der Waals surface area contributed by atoms with E-state index in [9.17, 15) is 5.11 Å².